The summed E-state index contributed by atoms with van der Waals surface area (Å²) in [5.41, 5.74) is 2.54. The van der Waals surface area contributed by atoms with Crippen LogP contribution in [-0.4, -0.2) is 10.9 Å². The average molecular weight is 385 g/mol. The van der Waals surface area contributed by atoms with Gasteiger partial charge in [-0.3, -0.25) is 0 Å². The molecular weight excluding hydrogens is 370 g/mol. The van der Waals surface area contributed by atoms with E-state index in [1.165, 1.54) is 11.3 Å². The van der Waals surface area contributed by atoms with Crippen molar-refractivity contribution in [2.45, 2.75) is 0 Å². The van der Waals surface area contributed by atoms with Gasteiger partial charge >= 0.3 is 0 Å². The molecule has 3 heterocycles. The number of fused-ring (bicyclic) bond motifs is 1. The van der Waals surface area contributed by atoms with Crippen LogP contribution in [0.25, 0.3) is 22.4 Å². The normalized spacial score (nSPS) is 12.4. The number of para-hydroxylation sites is 2. The van der Waals surface area contributed by atoms with E-state index in [0.717, 1.165) is 32.9 Å². The fraction of sp³-hybridized carbons (Fsp3) is 0. The van der Waals surface area contributed by atoms with E-state index in [2.05, 4.69) is 5.10 Å². The maximum Gasteiger partial charge on any atom is 0.211 e. The van der Waals surface area contributed by atoms with Gasteiger partial charge in [-0.2, -0.15) is 5.10 Å². The van der Waals surface area contributed by atoms with E-state index in [0.29, 0.717) is 5.76 Å². The number of hydrogen-bond acceptors (Lipinski definition) is 5. The monoisotopic (exact) mass is 385 g/mol. The van der Waals surface area contributed by atoms with Gasteiger partial charge in [-0.25, -0.2) is 9.67 Å². The molecule has 0 N–H and O–H groups in total. The Hall–Kier alpha value is -3.64. The number of furan rings is 2. The minimum Gasteiger partial charge on any atom is -0.463 e. The van der Waals surface area contributed by atoms with Crippen LogP contribution in [0.3, 0.4) is 0 Å². The molecule has 0 unspecified atom stereocenters. The smallest absolute Gasteiger partial charge is 0.211 e. The van der Waals surface area contributed by atoms with Gasteiger partial charge in [0.1, 0.15) is 17.0 Å². The third-order valence-electron chi connectivity index (χ3n) is 4.19. The molecule has 0 radical (unpaired) electrons. The van der Waals surface area contributed by atoms with Crippen LogP contribution in [0.2, 0.25) is 0 Å². The molecule has 0 aliphatic rings. The van der Waals surface area contributed by atoms with Gasteiger partial charge in [0.05, 0.1) is 18.2 Å². The van der Waals surface area contributed by atoms with Gasteiger partial charge in [-0.05, 0) is 36.4 Å². The third kappa shape index (κ3) is 3.21. The van der Waals surface area contributed by atoms with Crippen molar-refractivity contribution in [1.29, 1.82) is 0 Å². The SMILES string of the molecule is C(=Nn1c(-c2cc3ccccc3o2)csc1=Nc1ccccc1)c1ccco1. The van der Waals surface area contributed by atoms with Crippen LogP contribution in [0.5, 0.6) is 0 Å². The van der Waals surface area contributed by atoms with Crippen molar-refractivity contribution in [2.75, 3.05) is 0 Å². The van der Waals surface area contributed by atoms with Gasteiger partial charge in [0.15, 0.2) is 5.76 Å². The summed E-state index contributed by atoms with van der Waals surface area (Å²) in [4.78, 5) is 5.48. The quantitative estimate of drug-likeness (QED) is 0.374. The van der Waals surface area contributed by atoms with Crippen LogP contribution in [0, 0.1) is 0 Å². The molecule has 2 aromatic carbocycles. The highest BCUT2D eigenvalue weighted by Crippen LogP contribution is 2.28. The highest BCUT2D eigenvalue weighted by molar-refractivity contribution is 7.07. The van der Waals surface area contributed by atoms with E-state index in [1.807, 2.05) is 78.2 Å². The topological polar surface area (TPSA) is 55.9 Å². The maximum absolute atomic E-state index is 6.04. The lowest BCUT2D eigenvalue weighted by molar-refractivity contribution is 0.559. The van der Waals surface area contributed by atoms with E-state index in [4.69, 9.17) is 13.8 Å². The molecular formula is C22H15N3O2S. The lowest BCUT2D eigenvalue weighted by atomic mass is 10.2. The first-order chi connectivity index (χ1) is 13.9. The molecule has 0 amide bonds. The minimum atomic E-state index is 0.667. The highest BCUT2D eigenvalue weighted by atomic mass is 32.1. The fourth-order valence-corrected chi connectivity index (χ4v) is 3.70. The standard InChI is InChI=1S/C22H15N3O2S/c1-2-8-17(9-3-1)24-22-25(23-14-18-10-6-12-26-18)19(15-28-22)21-13-16-7-4-5-11-20(16)27-21/h1-15H. The van der Waals surface area contributed by atoms with Gasteiger partial charge < -0.3 is 8.83 Å². The molecule has 0 spiro atoms. The summed E-state index contributed by atoms with van der Waals surface area (Å²) >= 11 is 1.50. The average Bonchev–Trinajstić information content (AvgIpc) is 3.46. The number of thiazole rings is 1. The molecule has 3 aromatic heterocycles. The second-order valence-electron chi connectivity index (χ2n) is 6.07. The molecule has 0 aliphatic carbocycles. The van der Waals surface area contributed by atoms with Crippen molar-refractivity contribution in [3.8, 4) is 11.5 Å². The zero-order valence-electron chi connectivity index (χ0n) is 14.7. The van der Waals surface area contributed by atoms with Crippen LogP contribution >= 0.6 is 11.3 Å². The predicted molar refractivity (Wildman–Crippen MR) is 111 cm³/mol. The molecule has 0 bridgehead atoms. The number of aromatic nitrogens is 1. The Morgan fingerprint density at radius 3 is 2.61 bits per heavy atom. The second-order valence-corrected chi connectivity index (χ2v) is 6.91. The minimum absolute atomic E-state index is 0.667. The van der Waals surface area contributed by atoms with Crippen molar-refractivity contribution in [3.63, 3.8) is 0 Å². The highest BCUT2D eigenvalue weighted by Gasteiger charge is 2.13. The molecule has 0 fully saturated rings. The van der Waals surface area contributed by atoms with Crippen LogP contribution in [-0.2, 0) is 0 Å². The van der Waals surface area contributed by atoms with Crippen molar-refractivity contribution < 1.29 is 8.83 Å². The van der Waals surface area contributed by atoms with Gasteiger partial charge in [0.2, 0.25) is 4.80 Å². The van der Waals surface area contributed by atoms with E-state index < -0.39 is 0 Å². The van der Waals surface area contributed by atoms with Gasteiger partial charge in [-0.15, -0.1) is 11.3 Å². The van der Waals surface area contributed by atoms with Gasteiger partial charge in [0.25, 0.3) is 0 Å². The number of benzene rings is 2. The summed E-state index contributed by atoms with van der Waals surface area (Å²) in [7, 11) is 0. The Morgan fingerprint density at radius 1 is 0.929 bits per heavy atom. The van der Waals surface area contributed by atoms with Crippen LogP contribution in [0.15, 0.2) is 103 Å². The second kappa shape index (κ2) is 7.17. The molecule has 0 aliphatic heterocycles. The van der Waals surface area contributed by atoms with Crippen molar-refractivity contribution in [3.05, 3.63) is 95.0 Å². The Bertz CT molecular complexity index is 1280. The largest absolute Gasteiger partial charge is 0.463 e. The first kappa shape index (κ1) is 16.5. The molecule has 0 atom stereocenters. The van der Waals surface area contributed by atoms with Crippen LogP contribution in [0.1, 0.15) is 5.76 Å². The van der Waals surface area contributed by atoms with Crippen LogP contribution < -0.4 is 4.80 Å². The molecule has 28 heavy (non-hydrogen) atoms. The summed E-state index contributed by atoms with van der Waals surface area (Å²) in [6, 6.07) is 23.4. The van der Waals surface area contributed by atoms with E-state index in [9.17, 15) is 0 Å². The van der Waals surface area contributed by atoms with Gasteiger partial charge in [-0.1, -0.05) is 36.4 Å². The van der Waals surface area contributed by atoms with Crippen molar-refractivity contribution >= 4 is 34.2 Å². The Kier molecular flexibility index (Phi) is 4.23. The lowest BCUT2D eigenvalue weighted by Crippen LogP contribution is -2.11. The number of rotatable bonds is 4. The maximum atomic E-state index is 6.04. The first-order valence-corrected chi connectivity index (χ1v) is 9.62. The third-order valence-corrected chi connectivity index (χ3v) is 5.00. The van der Waals surface area contributed by atoms with Crippen molar-refractivity contribution in [1.82, 2.24) is 4.68 Å². The molecule has 5 rings (SSSR count). The molecule has 0 saturated carbocycles. The lowest BCUT2D eigenvalue weighted by Gasteiger charge is -2.00. The van der Waals surface area contributed by atoms with Crippen LogP contribution in [0.4, 0.5) is 5.69 Å². The first-order valence-electron chi connectivity index (χ1n) is 8.74. The Morgan fingerprint density at radius 2 is 1.79 bits per heavy atom. The van der Waals surface area contributed by atoms with Crippen molar-refractivity contribution in [2.24, 2.45) is 10.1 Å². The van der Waals surface area contributed by atoms with E-state index in [-0.39, 0.29) is 0 Å². The Labute approximate surface area is 164 Å². The number of nitrogens with zero attached hydrogens (tertiary/aromatic N) is 3. The fourth-order valence-electron chi connectivity index (χ4n) is 2.86. The molecule has 5 aromatic rings. The Balaban J connectivity index is 1.67. The molecule has 6 heteroatoms. The summed E-state index contributed by atoms with van der Waals surface area (Å²) < 4.78 is 13.2. The predicted octanol–water partition coefficient (Wildman–Crippen LogP) is 5.67. The molecule has 0 saturated heterocycles. The molecule has 5 nitrogen and oxygen atoms in total. The zero-order valence-corrected chi connectivity index (χ0v) is 15.5. The summed E-state index contributed by atoms with van der Waals surface area (Å²) in [6.07, 6.45) is 3.29. The molecule has 136 valence electrons. The van der Waals surface area contributed by atoms with E-state index in [1.54, 1.807) is 17.2 Å². The number of hydrogen-bond donors (Lipinski definition) is 0. The summed E-state index contributed by atoms with van der Waals surface area (Å²) in [5, 5.41) is 7.65. The van der Waals surface area contributed by atoms with E-state index >= 15 is 0 Å². The zero-order chi connectivity index (χ0) is 18.8. The summed E-state index contributed by atoms with van der Waals surface area (Å²) in [5.74, 6) is 1.41. The van der Waals surface area contributed by atoms with Gasteiger partial charge in [0, 0.05) is 10.8 Å². The summed E-state index contributed by atoms with van der Waals surface area (Å²) in [6.45, 7) is 0.